The van der Waals surface area contributed by atoms with E-state index in [1.165, 1.54) is 10.6 Å². The van der Waals surface area contributed by atoms with E-state index in [-0.39, 0.29) is 23.3 Å². The Morgan fingerprint density at radius 1 is 1.24 bits per heavy atom. The van der Waals surface area contributed by atoms with E-state index in [1.54, 1.807) is 6.07 Å². The fourth-order valence-electron chi connectivity index (χ4n) is 3.68. The monoisotopic (exact) mass is 391 g/mol. The lowest BCUT2D eigenvalue weighted by Crippen LogP contribution is -2.16. The molecule has 8 heteroatoms. The van der Waals surface area contributed by atoms with Gasteiger partial charge in [-0.25, -0.2) is 14.5 Å². The number of fused-ring (bicyclic) bond motifs is 1. The Morgan fingerprint density at radius 2 is 2.03 bits per heavy atom. The number of nitroso groups, excluding NO2 is 1. The van der Waals surface area contributed by atoms with Crippen molar-refractivity contribution in [1.82, 2.24) is 19.3 Å². The van der Waals surface area contributed by atoms with Crippen molar-refractivity contribution in [3.05, 3.63) is 63.5 Å². The third-order valence-corrected chi connectivity index (χ3v) is 5.13. The molecule has 2 N–H and O–H groups in total. The number of aromatic hydroxyl groups is 1. The topological polar surface area (TPSA) is 105 Å². The number of phenolic OH excluding ortho intramolecular Hbond substituents is 1. The maximum Gasteiger partial charge on any atom is 0.348 e. The first-order chi connectivity index (χ1) is 14.0. The van der Waals surface area contributed by atoms with Gasteiger partial charge in [0.15, 0.2) is 5.82 Å². The standard InChI is InChI=1S/C21H21N5O3/c1-4-13-10-15(16(24-29)11-19(13)27)20-22-23-21(28)26(20)18-7-5-6-17-14(18)8-9-25(17)12(2)3/h5-12,27H,4H2,1-3H3,(H,23,28). The Kier molecular flexibility index (Phi) is 4.54. The number of H-pyrrole nitrogens is 1. The van der Waals surface area contributed by atoms with Gasteiger partial charge in [-0.1, -0.05) is 13.0 Å². The van der Waals surface area contributed by atoms with Crippen molar-refractivity contribution >= 4 is 16.6 Å². The van der Waals surface area contributed by atoms with Crippen LogP contribution in [0.5, 0.6) is 5.75 Å². The third kappa shape index (κ3) is 2.93. The average Bonchev–Trinajstić information content (AvgIpc) is 3.31. The Hall–Kier alpha value is -3.68. The van der Waals surface area contributed by atoms with Crippen molar-refractivity contribution in [2.45, 2.75) is 33.2 Å². The summed E-state index contributed by atoms with van der Waals surface area (Å²) in [7, 11) is 0. The van der Waals surface area contributed by atoms with E-state index >= 15 is 0 Å². The summed E-state index contributed by atoms with van der Waals surface area (Å²) in [5.74, 6) is 0.260. The van der Waals surface area contributed by atoms with Gasteiger partial charge in [-0.15, -0.1) is 4.91 Å². The molecule has 0 unspecified atom stereocenters. The molecule has 0 aliphatic heterocycles. The van der Waals surface area contributed by atoms with E-state index < -0.39 is 5.69 Å². The maximum absolute atomic E-state index is 12.7. The molecule has 0 atom stereocenters. The zero-order valence-electron chi connectivity index (χ0n) is 16.4. The molecule has 0 spiro atoms. The smallest absolute Gasteiger partial charge is 0.348 e. The van der Waals surface area contributed by atoms with Crippen LogP contribution in [0.4, 0.5) is 5.69 Å². The summed E-state index contributed by atoms with van der Waals surface area (Å²) in [4.78, 5) is 24.1. The molecule has 0 saturated carbocycles. The van der Waals surface area contributed by atoms with Gasteiger partial charge in [0.25, 0.3) is 0 Å². The Bertz CT molecular complexity index is 1280. The molecule has 0 saturated heterocycles. The van der Waals surface area contributed by atoms with Crippen LogP contribution in [-0.4, -0.2) is 24.4 Å². The van der Waals surface area contributed by atoms with Gasteiger partial charge in [-0.05, 0) is 55.3 Å². The minimum atomic E-state index is -0.423. The summed E-state index contributed by atoms with van der Waals surface area (Å²) < 4.78 is 3.56. The molecule has 2 heterocycles. The number of phenols is 1. The van der Waals surface area contributed by atoms with Crippen molar-refractivity contribution in [1.29, 1.82) is 0 Å². The number of hydrogen-bond acceptors (Lipinski definition) is 5. The number of aromatic nitrogens is 4. The summed E-state index contributed by atoms with van der Waals surface area (Å²) in [6, 6.07) is 10.9. The zero-order valence-corrected chi connectivity index (χ0v) is 16.4. The third-order valence-electron chi connectivity index (χ3n) is 5.13. The number of benzene rings is 2. The van der Waals surface area contributed by atoms with Crippen molar-refractivity contribution < 1.29 is 5.11 Å². The summed E-state index contributed by atoms with van der Waals surface area (Å²) in [6.07, 6.45) is 2.54. The number of nitrogens with one attached hydrogen (secondary N) is 1. The van der Waals surface area contributed by atoms with Crippen molar-refractivity contribution in [3.8, 4) is 22.8 Å². The highest BCUT2D eigenvalue weighted by atomic mass is 16.3. The average molecular weight is 391 g/mol. The van der Waals surface area contributed by atoms with Crippen LogP contribution in [-0.2, 0) is 6.42 Å². The fourth-order valence-corrected chi connectivity index (χ4v) is 3.68. The molecule has 8 nitrogen and oxygen atoms in total. The molecule has 29 heavy (non-hydrogen) atoms. The Morgan fingerprint density at radius 3 is 2.72 bits per heavy atom. The van der Waals surface area contributed by atoms with Crippen LogP contribution in [0.15, 0.2) is 52.6 Å². The number of nitrogens with zero attached hydrogens (tertiary/aromatic N) is 4. The van der Waals surface area contributed by atoms with Crippen LogP contribution < -0.4 is 5.69 Å². The predicted octanol–water partition coefficient (Wildman–Crippen LogP) is 4.43. The first kappa shape index (κ1) is 18.7. The molecule has 0 amide bonds. The summed E-state index contributed by atoms with van der Waals surface area (Å²) in [6.45, 7) is 6.07. The molecule has 4 rings (SSSR count). The van der Waals surface area contributed by atoms with Gasteiger partial charge in [0.1, 0.15) is 11.4 Å². The van der Waals surface area contributed by atoms with Crippen molar-refractivity contribution in [2.24, 2.45) is 5.18 Å². The van der Waals surface area contributed by atoms with Crippen LogP contribution >= 0.6 is 0 Å². The molecule has 0 bridgehead atoms. The lowest BCUT2D eigenvalue weighted by Gasteiger charge is -2.12. The molecule has 4 aromatic rings. The molecule has 0 radical (unpaired) electrons. The van der Waals surface area contributed by atoms with Gasteiger partial charge < -0.3 is 9.67 Å². The Labute approximate surface area is 166 Å². The molecule has 0 aliphatic carbocycles. The number of aromatic amines is 1. The second kappa shape index (κ2) is 7.05. The highest BCUT2D eigenvalue weighted by Crippen LogP contribution is 2.36. The molecular weight excluding hydrogens is 370 g/mol. The quantitative estimate of drug-likeness (QED) is 0.491. The number of rotatable bonds is 5. The first-order valence-corrected chi connectivity index (χ1v) is 9.43. The van der Waals surface area contributed by atoms with Gasteiger partial charge in [-0.2, -0.15) is 5.10 Å². The molecule has 0 aliphatic rings. The molecule has 2 aromatic carbocycles. The zero-order chi connectivity index (χ0) is 20.7. The second-order valence-electron chi connectivity index (χ2n) is 7.16. The maximum atomic E-state index is 12.7. The normalized spacial score (nSPS) is 11.4. The predicted molar refractivity (Wildman–Crippen MR) is 112 cm³/mol. The van der Waals surface area contributed by atoms with E-state index in [4.69, 9.17) is 0 Å². The van der Waals surface area contributed by atoms with Crippen LogP contribution in [0.25, 0.3) is 28.0 Å². The fraction of sp³-hybridized carbons (Fsp3) is 0.238. The van der Waals surface area contributed by atoms with E-state index in [9.17, 15) is 14.8 Å². The SMILES string of the molecule is CCc1cc(-c2n[nH]c(=O)n2-c2cccc3c2ccn3C(C)C)c(N=O)cc1O. The highest BCUT2D eigenvalue weighted by molar-refractivity contribution is 5.89. The van der Waals surface area contributed by atoms with E-state index in [0.717, 1.165) is 10.9 Å². The summed E-state index contributed by atoms with van der Waals surface area (Å²) in [5.41, 5.74) is 2.26. The number of aryl methyl sites for hydroxylation is 1. The van der Waals surface area contributed by atoms with E-state index in [1.807, 2.05) is 37.4 Å². The van der Waals surface area contributed by atoms with Gasteiger partial charge in [0.2, 0.25) is 0 Å². The van der Waals surface area contributed by atoms with Crippen LogP contribution in [0.3, 0.4) is 0 Å². The lowest BCUT2D eigenvalue weighted by molar-refractivity contribution is 0.469. The van der Waals surface area contributed by atoms with Crippen molar-refractivity contribution in [2.75, 3.05) is 0 Å². The van der Waals surface area contributed by atoms with Gasteiger partial charge in [-0.3, -0.25) is 0 Å². The van der Waals surface area contributed by atoms with Crippen LogP contribution in [0, 0.1) is 4.91 Å². The minimum Gasteiger partial charge on any atom is -0.508 e. The van der Waals surface area contributed by atoms with Crippen molar-refractivity contribution in [3.63, 3.8) is 0 Å². The molecule has 0 fully saturated rings. The van der Waals surface area contributed by atoms with E-state index in [2.05, 4.69) is 33.8 Å². The Balaban J connectivity index is 2.02. The van der Waals surface area contributed by atoms with Gasteiger partial charge in [0.05, 0.1) is 11.2 Å². The molecular formula is C21H21N5O3. The minimum absolute atomic E-state index is 0.00797. The summed E-state index contributed by atoms with van der Waals surface area (Å²) >= 11 is 0. The largest absolute Gasteiger partial charge is 0.508 e. The van der Waals surface area contributed by atoms with Crippen LogP contribution in [0.1, 0.15) is 32.4 Å². The molecule has 148 valence electrons. The van der Waals surface area contributed by atoms with Crippen LogP contribution in [0.2, 0.25) is 0 Å². The first-order valence-electron chi connectivity index (χ1n) is 9.43. The van der Waals surface area contributed by atoms with E-state index in [0.29, 0.717) is 23.2 Å². The van der Waals surface area contributed by atoms with Gasteiger partial charge >= 0.3 is 5.69 Å². The second-order valence-corrected chi connectivity index (χ2v) is 7.16. The lowest BCUT2D eigenvalue weighted by atomic mass is 10.0. The van der Waals surface area contributed by atoms with Gasteiger partial charge in [0, 0.05) is 29.3 Å². The highest BCUT2D eigenvalue weighted by Gasteiger charge is 2.20. The number of hydrogen-bond donors (Lipinski definition) is 2. The summed E-state index contributed by atoms with van der Waals surface area (Å²) in [5, 5.41) is 20.6. The molecule has 2 aromatic heterocycles.